The molecule has 15 nitrogen and oxygen atoms in total. The Morgan fingerprint density at radius 3 is 2.69 bits per heavy atom. The minimum absolute atomic E-state index is 0.0137. The molecule has 2 aliphatic heterocycles. The van der Waals surface area contributed by atoms with Gasteiger partial charge in [0.25, 0.3) is 12.4 Å². The molecule has 0 radical (unpaired) electrons. The van der Waals surface area contributed by atoms with Crippen molar-refractivity contribution in [3.05, 3.63) is 59.6 Å². The van der Waals surface area contributed by atoms with Crippen LogP contribution in [-0.2, 0) is 20.9 Å². The summed E-state index contributed by atoms with van der Waals surface area (Å²) in [5.41, 5.74) is 0.706. The van der Waals surface area contributed by atoms with Gasteiger partial charge in [-0.15, -0.1) is 0 Å². The van der Waals surface area contributed by atoms with Gasteiger partial charge in [0.15, 0.2) is 5.65 Å². The molecule has 0 aliphatic carbocycles. The van der Waals surface area contributed by atoms with Crippen LogP contribution in [0.1, 0.15) is 36.0 Å². The molecule has 1 aromatic carbocycles. The van der Waals surface area contributed by atoms with Crippen LogP contribution in [-0.4, -0.2) is 107 Å². The Hall–Kier alpha value is -5.16. The molecule has 2 aliphatic rings. The highest BCUT2D eigenvalue weighted by Gasteiger charge is 2.33. The number of carbonyl (C=O) groups is 4. The summed E-state index contributed by atoms with van der Waals surface area (Å²) in [6.07, 6.45) is 7.29. The van der Waals surface area contributed by atoms with Crippen molar-refractivity contribution >= 4 is 47.1 Å². The predicted molar refractivity (Wildman–Crippen MR) is 165 cm³/mol. The van der Waals surface area contributed by atoms with Gasteiger partial charge in [-0.2, -0.15) is 19.0 Å². The summed E-state index contributed by atoms with van der Waals surface area (Å²) in [6.45, 7) is -2.48. The molecule has 0 bridgehead atoms. The number of carbonyl (C=O) groups excluding carboxylic acids is 3. The number of likely N-dealkylation sites (tertiary alicyclic amines) is 2. The first kappa shape index (κ1) is 34.2. The van der Waals surface area contributed by atoms with E-state index in [1.807, 2.05) is 0 Å². The van der Waals surface area contributed by atoms with Crippen LogP contribution >= 0.6 is 11.6 Å². The average molecular weight is 689 g/mol. The van der Waals surface area contributed by atoms with Gasteiger partial charge >= 0.3 is 6.61 Å². The molecule has 1 unspecified atom stereocenters. The molecule has 3 N–H and O–H groups in total. The largest absolute Gasteiger partial charge is 0.483 e. The van der Waals surface area contributed by atoms with Crippen molar-refractivity contribution in [2.45, 2.75) is 51.0 Å². The molecule has 0 saturated carbocycles. The summed E-state index contributed by atoms with van der Waals surface area (Å²) in [4.78, 5) is 55.0. The van der Waals surface area contributed by atoms with Crippen molar-refractivity contribution in [1.29, 1.82) is 0 Å². The topological polar surface area (TPSA) is 184 Å². The molecule has 3 aromatic heterocycles. The summed E-state index contributed by atoms with van der Waals surface area (Å²) >= 11 is 6.20. The lowest BCUT2D eigenvalue weighted by Gasteiger charge is -2.41. The van der Waals surface area contributed by atoms with Crippen LogP contribution in [0.15, 0.2) is 49.1 Å². The van der Waals surface area contributed by atoms with Gasteiger partial charge in [0.2, 0.25) is 11.8 Å². The normalized spacial score (nSPS) is 16.9. The van der Waals surface area contributed by atoms with Crippen LogP contribution in [0.25, 0.3) is 16.9 Å². The van der Waals surface area contributed by atoms with Crippen molar-refractivity contribution in [1.82, 2.24) is 34.2 Å². The van der Waals surface area contributed by atoms with Crippen molar-refractivity contribution in [2.75, 3.05) is 25.0 Å². The zero-order chi connectivity index (χ0) is 34.4. The lowest BCUT2D eigenvalue weighted by molar-refractivity contribution is -0.142. The van der Waals surface area contributed by atoms with E-state index in [2.05, 4.69) is 20.5 Å². The lowest BCUT2D eigenvalue weighted by Crippen LogP contribution is -2.53. The molecule has 254 valence electrons. The number of benzene rings is 1. The number of piperidine rings is 2. The first-order valence-electron chi connectivity index (χ1n) is 14.8. The van der Waals surface area contributed by atoms with E-state index in [4.69, 9.17) is 26.2 Å². The highest BCUT2D eigenvalue weighted by Crippen LogP contribution is 2.37. The molecule has 0 spiro atoms. The number of rotatable bonds is 8. The fourth-order valence-electron chi connectivity index (χ4n) is 5.73. The Kier molecular flexibility index (Phi) is 10.8. The van der Waals surface area contributed by atoms with E-state index in [1.165, 1.54) is 46.0 Å². The highest BCUT2D eigenvalue weighted by atomic mass is 35.5. The Morgan fingerprint density at radius 1 is 1.21 bits per heavy atom. The first-order valence-corrected chi connectivity index (χ1v) is 15.2. The number of hydrogen-bond acceptors (Lipinski definition) is 9. The van der Waals surface area contributed by atoms with Gasteiger partial charge in [-0.3, -0.25) is 23.9 Å². The van der Waals surface area contributed by atoms with E-state index in [9.17, 15) is 28.3 Å². The van der Waals surface area contributed by atoms with Crippen LogP contribution in [0.4, 0.5) is 14.5 Å². The van der Waals surface area contributed by atoms with Crippen LogP contribution in [0.5, 0.6) is 5.75 Å². The van der Waals surface area contributed by atoms with E-state index in [-0.39, 0.29) is 64.2 Å². The lowest BCUT2D eigenvalue weighted by atomic mass is 9.98. The van der Waals surface area contributed by atoms with E-state index in [1.54, 1.807) is 22.1 Å². The number of β-amino-alcohol motifs (C(OH)–C–C–N with tert-alkyl or cyclic N) is 1. The number of aliphatic hydroxyl groups is 1. The molecular formula is C30H31ClF2N8O7. The number of halogens is 3. The van der Waals surface area contributed by atoms with Crippen molar-refractivity contribution in [3.8, 4) is 17.0 Å². The molecule has 5 heterocycles. The van der Waals surface area contributed by atoms with Crippen LogP contribution in [0.2, 0.25) is 5.02 Å². The molecule has 2 saturated heterocycles. The maximum atomic E-state index is 13.3. The van der Waals surface area contributed by atoms with Crippen LogP contribution in [0.3, 0.4) is 0 Å². The van der Waals surface area contributed by atoms with Gasteiger partial charge < -0.3 is 30.1 Å². The molecule has 48 heavy (non-hydrogen) atoms. The van der Waals surface area contributed by atoms with Crippen molar-refractivity contribution in [2.24, 2.45) is 0 Å². The zero-order valence-electron chi connectivity index (χ0n) is 25.3. The molecule has 1 atom stereocenters. The fourth-order valence-corrected chi connectivity index (χ4v) is 5.90. The maximum Gasteiger partial charge on any atom is 0.387 e. The number of nitrogens with one attached hydrogen (secondary N) is 1. The molecule has 6 rings (SSSR count). The van der Waals surface area contributed by atoms with E-state index < -0.39 is 18.6 Å². The number of hydrogen-bond donors (Lipinski definition) is 3. The van der Waals surface area contributed by atoms with E-state index in [0.717, 1.165) is 0 Å². The summed E-state index contributed by atoms with van der Waals surface area (Å²) in [5, 5.41) is 28.5. The SMILES string of the molecule is O=C(Nc1cn(CC(=O)N2CCC(N3CC(O)CCC3=O)CC2)nc1-c1cc(Cl)ccc1OC(F)F)c1cnn2cccnc12.O=CO. The Labute approximate surface area is 276 Å². The van der Waals surface area contributed by atoms with Gasteiger partial charge in [-0.25, -0.2) is 9.50 Å². The second-order valence-corrected chi connectivity index (χ2v) is 11.4. The molecular weight excluding hydrogens is 658 g/mol. The summed E-state index contributed by atoms with van der Waals surface area (Å²) < 4.78 is 34.0. The number of ether oxygens (including phenoxy) is 1. The third-order valence-corrected chi connectivity index (χ3v) is 8.16. The van der Waals surface area contributed by atoms with E-state index >= 15 is 0 Å². The van der Waals surface area contributed by atoms with Gasteiger partial charge in [0.05, 0.1) is 18.0 Å². The zero-order valence-corrected chi connectivity index (χ0v) is 26.0. The first-order chi connectivity index (χ1) is 23.1. The molecule has 2 fully saturated rings. The van der Waals surface area contributed by atoms with E-state index in [0.29, 0.717) is 51.0 Å². The molecule has 4 aromatic rings. The number of carboxylic acid groups (broad SMARTS) is 1. The Morgan fingerprint density at radius 2 is 1.96 bits per heavy atom. The van der Waals surface area contributed by atoms with Gasteiger partial charge in [-0.1, -0.05) is 11.6 Å². The van der Waals surface area contributed by atoms with Crippen molar-refractivity contribution < 1.29 is 42.9 Å². The third-order valence-electron chi connectivity index (χ3n) is 7.92. The minimum Gasteiger partial charge on any atom is -0.483 e. The standard InChI is InChI=1S/C29H29ClF2N8O5.CH2O2/c30-17-2-4-23(45-29(31)32)20(12-17)26-22(35-28(44)21-13-34-40-9-1-8-33-27(21)40)15-38(36-26)16-25(43)37-10-6-18(7-11-37)39-14-19(41)3-5-24(39)42;2-1-3/h1-2,4,8-9,12-13,15,18-19,29,41H,3,5-7,10-11,14,16H2,(H,35,44);1H,(H,2,3). The number of anilines is 1. The quantitative estimate of drug-likeness (QED) is 0.233. The van der Waals surface area contributed by atoms with Gasteiger partial charge in [0, 0.05) is 61.3 Å². The smallest absolute Gasteiger partial charge is 0.387 e. The number of aromatic nitrogens is 5. The highest BCUT2D eigenvalue weighted by molar-refractivity contribution is 6.31. The Balaban J connectivity index is 0.00000145. The minimum atomic E-state index is -3.14. The summed E-state index contributed by atoms with van der Waals surface area (Å²) in [7, 11) is 0. The Bertz CT molecular complexity index is 1790. The maximum absolute atomic E-state index is 13.3. The van der Waals surface area contributed by atoms with Crippen LogP contribution in [0, 0.1) is 0 Å². The second-order valence-electron chi connectivity index (χ2n) is 11.0. The summed E-state index contributed by atoms with van der Waals surface area (Å²) in [5.74, 6) is -1.06. The van der Waals surface area contributed by atoms with Crippen LogP contribution < -0.4 is 10.1 Å². The average Bonchev–Trinajstić information content (AvgIpc) is 3.67. The third kappa shape index (κ3) is 7.86. The summed E-state index contributed by atoms with van der Waals surface area (Å²) in [6, 6.07) is 5.63. The monoisotopic (exact) mass is 688 g/mol. The number of fused-ring (bicyclic) bond motifs is 1. The van der Waals surface area contributed by atoms with Gasteiger partial charge in [-0.05, 0) is 43.5 Å². The second kappa shape index (κ2) is 15.2. The number of amides is 3. The number of alkyl halides is 2. The molecule has 18 heteroatoms. The molecule has 3 amide bonds. The predicted octanol–water partition coefficient (Wildman–Crippen LogP) is 2.78. The number of aliphatic hydroxyl groups excluding tert-OH is 1. The fraction of sp³-hybridized carbons (Fsp3) is 0.367. The van der Waals surface area contributed by atoms with Crippen molar-refractivity contribution in [3.63, 3.8) is 0 Å². The number of nitrogens with zero attached hydrogens (tertiary/aromatic N) is 7. The van der Waals surface area contributed by atoms with Gasteiger partial charge in [0.1, 0.15) is 23.6 Å².